The van der Waals surface area contributed by atoms with Gasteiger partial charge in [0.25, 0.3) is 0 Å². The Hall–Kier alpha value is -0.130. The van der Waals surface area contributed by atoms with Crippen molar-refractivity contribution in [1.82, 2.24) is 4.31 Å². The van der Waals surface area contributed by atoms with Gasteiger partial charge in [0.1, 0.15) is 0 Å². The van der Waals surface area contributed by atoms with Gasteiger partial charge in [0.2, 0.25) is 10.0 Å². The smallest absolute Gasteiger partial charge is 0.214 e. The molecule has 0 amide bonds. The summed E-state index contributed by atoms with van der Waals surface area (Å²) in [6, 6.07) is 0.812. The first-order valence-electron chi connectivity index (χ1n) is 6.46. The van der Waals surface area contributed by atoms with Crippen LogP contribution in [0.3, 0.4) is 0 Å². The van der Waals surface area contributed by atoms with Crippen molar-refractivity contribution >= 4 is 10.0 Å². The fourth-order valence-corrected chi connectivity index (χ4v) is 4.08. The first kappa shape index (κ1) is 12.3. The van der Waals surface area contributed by atoms with E-state index in [1.54, 1.807) is 16.1 Å². The van der Waals surface area contributed by atoms with E-state index >= 15 is 0 Å². The summed E-state index contributed by atoms with van der Waals surface area (Å²) < 4.78 is 25.1. The first-order valence-corrected chi connectivity index (χ1v) is 8.07. The molecule has 1 aliphatic carbocycles. The predicted molar refractivity (Wildman–Crippen MR) is 64.0 cm³/mol. The monoisotopic (exact) mass is 247 g/mol. The zero-order valence-electron chi connectivity index (χ0n) is 10.1. The van der Waals surface area contributed by atoms with Crippen LogP contribution in [0.25, 0.3) is 0 Å². The number of rotatable bonds is 3. The Bertz CT molecular complexity index is 315. The quantitative estimate of drug-likeness (QED) is 0.729. The number of hydrogen-bond donors (Lipinski definition) is 1. The zero-order chi connectivity index (χ0) is 11.6. The van der Waals surface area contributed by atoms with Gasteiger partial charge < -0.3 is 4.90 Å². The van der Waals surface area contributed by atoms with E-state index in [-0.39, 0.29) is 5.75 Å². The molecule has 1 aliphatic heterocycles. The molecule has 1 saturated carbocycles. The number of quaternary nitrogens is 1. The Morgan fingerprint density at radius 1 is 1.19 bits per heavy atom. The Kier molecular flexibility index (Phi) is 3.87. The van der Waals surface area contributed by atoms with Crippen LogP contribution in [0.15, 0.2) is 0 Å². The highest BCUT2D eigenvalue weighted by atomic mass is 32.2. The van der Waals surface area contributed by atoms with E-state index in [9.17, 15) is 8.42 Å². The van der Waals surface area contributed by atoms with E-state index in [0.29, 0.717) is 0 Å². The Morgan fingerprint density at radius 3 is 2.25 bits per heavy atom. The maximum atomic E-state index is 11.7. The van der Waals surface area contributed by atoms with Gasteiger partial charge in [-0.05, 0) is 32.6 Å². The van der Waals surface area contributed by atoms with Crippen LogP contribution in [0.2, 0.25) is 0 Å². The van der Waals surface area contributed by atoms with E-state index < -0.39 is 10.0 Å². The molecule has 1 heterocycles. The SMILES string of the molecule is CCS(=O)(=O)N1CC[NH+](C2CCCC2)CC1. The molecule has 0 aromatic heterocycles. The molecule has 0 unspecified atom stereocenters. The van der Waals surface area contributed by atoms with E-state index in [1.807, 2.05) is 0 Å². The van der Waals surface area contributed by atoms with Gasteiger partial charge in [-0.1, -0.05) is 0 Å². The molecule has 94 valence electrons. The normalized spacial score (nSPS) is 26.3. The highest BCUT2D eigenvalue weighted by molar-refractivity contribution is 7.89. The fourth-order valence-electron chi connectivity index (χ4n) is 2.98. The number of hydrogen-bond acceptors (Lipinski definition) is 2. The summed E-state index contributed by atoms with van der Waals surface area (Å²) in [6.45, 7) is 5.18. The van der Waals surface area contributed by atoms with Gasteiger partial charge >= 0.3 is 0 Å². The molecule has 1 N–H and O–H groups in total. The maximum Gasteiger partial charge on any atom is 0.214 e. The number of sulfonamides is 1. The molecule has 2 fully saturated rings. The summed E-state index contributed by atoms with van der Waals surface area (Å²) in [4.78, 5) is 1.64. The van der Waals surface area contributed by atoms with Crippen molar-refractivity contribution in [2.75, 3.05) is 31.9 Å². The van der Waals surface area contributed by atoms with Crippen LogP contribution in [0.5, 0.6) is 0 Å². The van der Waals surface area contributed by atoms with Gasteiger partial charge in [0.05, 0.1) is 38.0 Å². The van der Waals surface area contributed by atoms with E-state index in [1.165, 1.54) is 25.7 Å². The second kappa shape index (κ2) is 5.02. The average molecular weight is 247 g/mol. The number of nitrogens with zero attached hydrogens (tertiary/aromatic N) is 1. The Balaban J connectivity index is 1.87. The minimum atomic E-state index is -2.95. The third-order valence-corrected chi connectivity index (χ3v) is 5.94. The molecule has 16 heavy (non-hydrogen) atoms. The minimum Gasteiger partial charge on any atom is -0.330 e. The van der Waals surface area contributed by atoms with Crippen LogP contribution in [-0.2, 0) is 10.0 Å². The molecule has 0 atom stereocenters. The molecule has 2 rings (SSSR count). The summed E-state index contributed by atoms with van der Waals surface area (Å²) in [6.07, 6.45) is 5.42. The fraction of sp³-hybridized carbons (Fsp3) is 1.00. The number of piperazine rings is 1. The Labute approximate surface area is 98.7 Å². The lowest BCUT2D eigenvalue weighted by Crippen LogP contribution is -3.18. The van der Waals surface area contributed by atoms with Crippen LogP contribution in [-0.4, -0.2) is 50.7 Å². The van der Waals surface area contributed by atoms with Crippen molar-refractivity contribution in [1.29, 1.82) is 0 Å². The average Bonchev–Trinajstić information content (AvgIpc) is 2.83. The summed E-state index contributed by atoms with van der Waals surface area (Å²) in [5, 5.41) is 0. The molecule has 0 aromatic carbocycles. The minimum absolute atomic E-state index is 0.242. The molecule has 4 nitrogen and oxygen atoms in total. The standard InChI is InChI=1S/C11H22N2O2S/c1-2-16(14,15)13-9-7-12(8-10-13)11-5-3-4-6-11/h11H,2-10H2,1H3/p+1. The first-order chi connectivity index (χ1) is 7.63. The topological polar surface area (TPSA) is 41.8 Å². The molecule has 0 radical (unpaired) electrons. The second-order valence-electron chi connectivity index (χ2n) is 4.94. The summed E-state index contributed by atoms with van der Waals surface area (Å²) in [5.41, 5.74) is 0. The summed E-state index contributed by atoms with van der Waals surface area (Å²) >= 11 is 0. The van der Waals surface area contributed by atoms with E-state index in [4.69, 9.17) is 0 Å². The number of nitrogens with one attached hydrogen (secondary N) is 1. The largest absolute Gasteiger partial charge is 0.330 e. The lowest BCUT2D eigenvalue weighted by Gasteiger charge is -2.34. The van der Waals surface area contributed by atoms with Crippen LogP contribution >= 0.6 is 0 Å². The van der Waals surface area contributed by atoms with Crippen molar-refractivity contribution in [3.63, 3.8) is 0 Å². The van der Waals surface area contributed by atoms with Crippen molar-refractivity contribution < 1.29 is 13.3 Å². The second-order valence-corrected chi connectivity index (χ2v) is 7.20. The summed E-state index contributed by atoms with van der Waals surface area (Å²) in [7, 11) is -2.95. The molecule has 2 aliphatic rings. The van der Waals surface area contributed by atoms with Gasteiger partial charge in [-0.2, -0.15) is 4.31 Å². The molecular formula is C11H23N2O2S+. The molecule has 5 heteroatoms. The van der Waals surface area contributed by atoms with Crippen LogP contribution < -0.4 is 4.90 Å². The third kappa shape index (κ3) is 2.57. The van der Waals surface area contributed by atoms with Crippen LogP contribution in [0.4, 0.5) is 0 Å². The van der Waals surface area contributed by atoms with E-state index in [0.717, 1.165) is 32.2 Å². The van der Waals surface area contributed by atoms with Gasteiger partial charge in [-0.3, -0.25) is 0 Å². The summed E-state index contributed by atoms with van der Waals surface area (Å²) in [5.74, 6) is 0.242. The van der Waals surface area contributed by atoms with Crippen molar-refractivity contribution in [3.05, 3.63) is 0 Å². The molecule has 0 aromatic rings. The predicted octanol–water partition coefficient (Wildman–Crippen LogP) is -0.521. The lowest BCUT2D eigenvalue weighted by atomic mass is 10.2. The van der Waals surface area contributed by atoms with Gasteiger partial charge in [-0.15, -0.1) is 0 Å². The highest BCUT2D eigenvalue weighted by Crippen LogP contribution is 2.15. The Morgan fingerprint density at radius 2 is 1.75 bits per heavy atom. The highest BCUT2D eigenvalue weighted by Gasteiger charge is 2.32. The van der Waals surface area contributed by atoms with Gasteiger partial charge in [-0.25, -0.2) is 8.42 Å². The van der Waals surface area contributed by atoms with E-state index in [2.05, 4.69) is 0 Å². The van der Waals surface area contributed by atoms with Crippen molar-refractivity contribution in [2.24, 2.45) is 0 Å². The van der Waals surface area contributed by atoms with Gasteiger partial charge in [0.15, 0.2) is 0 Å². The molecule has 1 saturated heterocycles. The lowest BCUT2D eigenvalue weighted by molar-refractivity contribution is -0.928. The molecule has 0 bridgehead atoms. The van der Waals surface area contributed by atoms with Crippen LogP contribution in [0, 0.1) is 0 Å². The molecule has 0 spiro atoms. The van der Waals surface area contributed by atoms with Crippen molar-refractivity contribution in [2.45, 2.75) is 38.6 Å². The van der Waals surface area contributed by atoms with Crippen molar-refractivity contribution in [3.8, 4) is 0 Å². The van der Waals surface area contributed by atoms with Crippen LogP contribution in [0.1, 0.15) is 32.6 Å². The zero-order valence-corrected chi connectivity index (χ0v) is 10.9. The van der Waals surface area contributed by atoms with Gasteiger partial charge in [0, 0.05) is 0 Å². The third-order valence-electron chi connectivity index (χ3n) is 4.06. The maximum absolute atomic E-state index is 11.7. The molecular weight excluding hydrogens is 224 g/mol.